The van der Waals surface area contributed by atoms with E-state index in [2.05, 4.69) is 4.98 Å². The van der Waals surface area contributed by atoms with Crippen LogP contribution in [0.4, 0.5) is 0 Å². The molecule has 0 spiro atoms. The second-order valence-electron chi connectivity index (χ2n) is 4.76. The molecule has 0 fully saturated rings. The molecule has 0 unspecified atom stereocenters. The number of aliphatic hydroxyl groups is 1. The van der Waals surface area contributed by atoms with Gasteiger partial charge in [0.1, 0.15) is 5.82 Å². The summed E-state index contributed by atoms with van der Waals surface area (Å²) in [4.78, 5) is 17.7. The van der Waals surface area contributed by atoms with Crippen LogP contribution in [0.2, 0.25) is 0 Å². The Morgan fingerprint density at radius 1 is 1.47 bits per heavy atom. The summed E-state index contributed by atoms with van der Waals surface area (Å²) in [6, 6.07) is 6.03. The van der Waals surface area contributed by atoms with E-state index in [-0.39, 0.29) is 18.9 Å². The van der Waals surface area contributed by atoms with Crippen LogP contribution in [0.5, 0.6) is 0 Å². The number of benzene rings is 1. The molecule has 1 N–H and O–H groups in total. The fraction of sp³-hybridized carbons (Fsp3) is 0.429. The first-order valence-corrected chi connectivity index (χ1v) is 6.29. The summed E-state index contributed by atoms with van der Waals surface area (Å²) < 4.78 is 2.04. The number of fused-ring (bicyclic) bond motifs is 1. The molecule has 5 heteroatoms. The van der Waals surface area contributed by atoms with Gasteiger partial charge in [-0.15, -0.1) is 0 Å². The van der Waals surface area contributed by atoms with E-state index in [9.17, 15) is 4.79 Å². The lowest BCUT2D eigenvalue weighted by Crippen LogP contribution is -2.26. The average Bonchev–Trinajstić information content (AvgIpc) is 2.65. The zero-order valence-corrected chi connectivity index (χ0v) is 11.6. The molecule has 19 heavy (non-hydrogen) atoms. The van der Waals surface area contributed by atoms with E-state index in [0.717, 1.165) is 22.4 Å². The number of amides is 1. The minimum Gasteiger partial charge on any atom is -0.396 e. The summed E-state index contributed by atoms with van der Waals surface area (Å²) in [7, 11) is 3.73. The monoisotopic (exact) mass is 261 g/mol. The Bertz CT molecular complexity index is 604. The molecule has 102 valence electrons. The minimum absolute atomic E-state index is 0.0557. The molecule has 0 saturated heterocycles. The zero-order chi connectivity index (χ0) is 14.0. The van der Waals surface area contributed by atoms with Crippen LogP contribution < -0.4 is 0 Å². The number of imidazole rings is 1. The number of nitrogens with zero attached hydrogens (tertiary/aromatic N) is 3. The Morgan fingerprint density at radius 3 is 2.89 bits per heavy atom. The molecule has 5 nitrogen and oxygen atoms in total. The van der Waals surface area contributed by atoms with Crippen molar-refractivity contribution in [2.24, 2.45) is 7.05 Å². The molecule has 1 aromatic heterocycles. The standard InChI is InChI=1S/C14H19N3O2/c1-10-15-12-8-11(4-5-13(12)17(10)3)9-16(2)14(19)6-7-18/h4-5,8,18H,6-7,9H2,1-3H3. The van der Waals surface area contributed by atoms with Crippen LogP contribution in [0.3, 0.4) is 0 Å². The lowest BCUT2D eigenvalue weighted by Gasteiger charge is -2.16. The van der Waals surface area contributed by atoms with Crippen molar-refractivity contribution < 1.29 is 9.90 Å². The fourth-order valence-corrected chi connectivity index (χ4v) is 2.11. The highest BCUT2D eigenvalue weighted by Gasteiger charge is 2.10. The normalized spacial score (nSPS) is 10.9. The van der Waals surface area contributed by atoms with Crippen LogP contribution in [0.25, 0.3) is 11.0 Å². The third kappa shape index (κ3) is 2.76. The number of aliphatic hydroxyl groups excluding tert-OH is 1. The first-order chi connectivity index (χ1) is 9.02. The van der Waals surface area contributed by atoms with Crippen molar-refractivity contribution in [2.45, 2.75) is 19.9 Å². The molecule has 0 atom stereocenters. The molecule has 0 radical (unpaired) electrons. The molecule has 1 aromatic carbocycles. The summed E-state index contributed by atoms with van der Waals surface area (Å²) in [6.07, 6.45) is 0.168. The highest BCUT2D eigenvalue weighted by atomic mass is 16.3. The Hall–Kier alpha value is -1.88. The number of aromatic nitrogens is 2. The van der Waals surface area contributed by atoms with Gasteiger partial charge in [0.2, 0.25) is 5.91 Å². The fourth-order valence-electron chi connectivity index (χ4n) is 2.11. The maximum Gasteiger partial charge on any atom is 0.224 e. The van der Waals surface area contributed by atoms with Crippen LogP contribution in [-0.4, -0.2) is 39.1 Å². The van der Waals surface area contributed by atoms with Gasteiger partial charge in [-0.2, -0.15) is 0 Å². The van der Waals surface area contributed by atoms with Gasteiger partial charge >= 0.3 is 0 Å². The largest absolute Gasteiger partial charge is 0.396 e. The lowest BCUT2D eigenvalue weighted by atomic mass is 10.2. The van der Waals surface area contributed by atoms with Crippen LogP contribution in [-0.2, 0) is 18.4 Å². The van der Waals surface area contributed by atoms with Gasteiger partial charge in [0.05, 0.1) is 17.6 Å². The van der Waals surface area contributed by atoms with E-state index in [1.54, 1.807) is 11.9 Å². The van der Waals surface area contributed by atoms with Gasteiger partial charge in [-0.25, -0.2) is 4.98 Å². The van der Waals surface area contributed by atoms with Crippen LogP contribution in [0, 0.1) is 6.92 Å². The van der Waals surface area contributed by atoms with Crippen molar-refractivity contribution in [3.8, 4) is 0 Å². The van der Waals surface area contributed by atoms with Crippen molar-refractivity contribution in [1.82, 2.24) is 14.5 Å². The van der Waals surface area contributed by atoms with E-state index in [1.807, 2.05) is 36.7 Å². The molecular formula is C14H19N3O2. The second kappa shape index (κ2) is 5.40. The van der Waals surface area contributed by atoms with Crippen molar-refractivity contribution >= 4 is 16.9 Å². The van der Waals surface area contributed by atoms with Gasteiger partial charge in [-0.3, -0.25) is 4.79 Å². The van der Waals surface area contributed by atoms with Crippen LogP contribution in [0.15, 0.2) is 18.2 Å². The Morgan fingerprint density at radius 2 is 2.21 bits per heavy atom. The van der Waals surface area contributed by atoms with E-state index < -0.39 is 0 Å². The number of rotatable bonds is 4. The highest BCUT2D eigenvalue weighted by Crippen LogP contribution is 2.17. The first-order valence-electron chi connectivity index (χ1n) is 6.29. The van der Waals surface area contributed by atoms with Gasteiger partial charge in [0.25, 0.3) is 0 Å². The maximum absolute atomic E-state index is 11.6. The van der Waals surface area contributed by atoms with Crippen molar-refractivity contribution in [1.29, 1.82) is 0 Å². The van der Waals surface area contributed by atoms with E-state index >= 15 is 0 Å². The van der Waals surface area contributed by atoms with Gasteiger partial charge in [0.15, 0.2) is 0 Å². The lowest BCUT2D eigenvalue weighted by molar-refractivity contribution is -0.131. The summed E-state index contributed by atoms with van der Waals surface area (Å²) >= 11 is 0. The number of carbonyl (C=O) groups excluding carboxylic acids is 1. The van der Waals surface area contributed by atoms with Crippen LogP contribution in [0.1, 0.15) is 17.8 Å². The predicted octanol–water partition coefficient (Wildman–Crippen LogP) is 1.22. The molecule has 1 heterocycles. The Balaban J connectivity index is 2.20. The Labute approximate surface area is 112 Å². The molecular weight excluding hydrogens is 242 g/mol. The Kier molecular flexibility index (Phi) is 3.85. The number of hydrogen-bond acceptors (Lipinski definition) is 3. The maximum atomic E-state index is 11.6. The van der Waals surface area contributed by atoms with E-state index in [1.165, 1.54) is 0 Å². The van der Waals surface area contributed by atoms with Crippen molar-refractivity contribution in [3.05, 3.63) is 29.6 Å². The number of aryl methyl sites for hydroxylation is 2. The highest BCUT2D eigenvalue weighted by molar-refractivity contribution is 5.78. The van der Waals surface area contributed by atoms with Gasteiger partial charge in [0, 0.05) is 27.1 Å². The molecule has 0 aliphatic carbocycles. The summed E-state index contributed by atoms with van der Waals surface area (Å²) in [5.41, 5.74) is 3.07. The second-order valence-corrected chi connectivity index (χ2v) is 4.76. The summed E-state index contributed by atoms with van der Waals surface area (Å²) in [5, 5.41) is 8.77. The van der Waals surface area contributed by atoms with Gasteiger partial charge in [-0.05, 0) is 24.6 Å². The van der Waals surface area contributed by atoms with Gasteiger partial charge in [-0.1, -0.05) is 6.07 Å². The van der Waals surface area contributed by atoms with Crippen molar-refractivity contribution in [3.63, 3.8) is 0 Å². The summed E-state index contributed by atoms with van der Waals surface area (Å²) in [5.74, 6) is 0.914. The molecule has 0 bridgehead atoms. The van der Waals surface area contributed by atoms with Crippen molar-refractivity contribution in [2.75, 3.05) is 13.7 Å². The topological polar surface area (TPSA) is 58.4 Å². The molecule has 0 aliphatic rings. The molecule has 2 aromatic rings. The van der Waals surface area contributed by atoms with E-state index in [4.69, 9.17) is 5.11 Å². The van der Waals surface area contributed by atoms with E-state index in [0.29, 0.717) is 6.54 Å². The first kappa shape index (κ1) is 13.5. The molecule has 0 saturated carbocycles. The zero-order valence-electron chi connectivity index (χ0n) is 11.6. The quantitative estimate of drug-likeness (QED) is 0.900. The van der Waals surface area contributed by atoms with Gasteiger partial charge < -0.3 is 14.6 Å². The SMILES string of the molecule is Cc1nc2cc(CN(C)C(=O)CCO)ccc2n1C. The third-order valence-corrected chi connectivity index (χ3v) is 3.34. The molecule has 1 amide bonds. The average molecular weight is 261 g/mol. The summed E-state index contributed by atoms with van der Waals surface area (Å²) in [6.45, 7) is 2.39. The predicted molar refractivity (Wildman–Crippen MR) is 73.6 cm³/mol. The minimum atomic E-state index is -0.109. The smallest absolute Gasteiger partial charge is 0.224 e. The number of carbonyl (C=O) groups is 1. The number of hydrogen-bond donors (Lipinski definition) is 1. The molecule has 0 aliphatic heterocycles. The third-order valence-electron chi connectivity index (χ3n) is 3.34. The van der Waals surface area contributed by atoms with Crippen LogP contribution >= 0.6 is 0 Å². The molecule has 2 rings (SSSR count).